The molecule has 2 atom stereocenters. The largest absolute Gasteiger partial charge is 0.0838 e. The lowest BCUT2D eigenvalue weighted by Gasteiger charge is -2.26. The topological polar surface area (TPSA) is 0 Å². The van der Waals surface area contributed by atoms with E-state index in [4.69, 9.17) is 0 Å². The number of rotatable bonds is 7. The maximum atomic E-state index is 2.44. The molecule has 0 spiro atoms. The smallest absolute Gasteiger partial charge is 0.0290 e. The van der Waals surface area contributed by atoms with Gasteiger partial charge in [-0.15, -0.1) is 0 Å². The Bertz CT molecular complexity index is 2390. The second kappa shape index (κ2) is 15.7. The fraction of sp³-hybridized carbons (Fsp3) is 0.132. The van der Waals surface area contributed by atoms with E-state index in [1.165, 1.54) is 77.6 Å². The predicted octanol–water partition coefficient (Wildman–Crippen LogP) is 14.8. The molecule has 0 saturated heterocycles. The summed E-state index contributed by atoms with van der Waals surface area (Å²) in [6.07, 6.45) is 37.4. The molecule has 0 heteroatoms. The van der Waals surface area contributed by atoms with Crippen LogP contribution in [0.25, 0.3) is 56.3 Å². The Morgan fingerprint density at radius 3 is 2.06 bits per heavy atom. The Morgan fingerprint density at radius 2 is 1.26 bits per heavy atom. The molecule has 53 heavy (non-hydrogen) atoms. The minimum absolute atomic E-state index is 0.0755. The monoisotopic (exact) mass is 682 g/mol. The van der Waals surface area contributed by atoms with Crippen LogP contribution in [0, 0.1) is 5.92 Å². The zero-order chi connectivity index (χ0) is 36.0. The molecule has 0 N–H and O–H groups in total. The fourth-order valence-corrected chi connectivity index (χ4v) is 8.16. The van der Waals surface area contributed by atoms with Crippen LogP contribution in [0.15, 0.2) is 188 Å². The molecular formula is C53H46. The Kier molecular flexibility index (Phi) is 10.1. The molecule has 3 aliphatic carbocycles. The molecule has 5 aromatic carbocycles. The van der Waals surface area contributed by atoms with Crippen molar-refractivity contribution in [3.8, 4) is 22.3 Å². The van der Waals surface area contributed by atoms with Gasteiger partial charge in [-0.2, -0.15) is 0 Å². The number of hydrogen-bond acceptors (Lipinski definition) is 0. The molecule has 5 aromatic rings. The summed E-state index contributed by atoms with van der Waals surface area (Å²) in [5, 5.41) is 2.59. The number of allylic oxidation sites excluding steroid dienone is 16. The van der Waals surface area contributed by atoms with E-state index in [-0.39, 0.29) is 5.92 Å². The first-order valence-electron chi connectivity index (χ1n) is 19.1. The van der Waals surface area contributed by atoms with Crippen molar-refractivity contribution in [1.29, 1.82) is 0 Å². The molecule has 258 valence electrons. The van der Waals surface area contributed by atoms with Crippen LogP contribution in [-0.2, 0) is 0 Å². The Labute approximate surface area is 315 Å². The third-order valence-electron chi connectivity index (χ3n) is 10.7. The van der Waals surface area contributed by atoms with E-state index >= 15 is 0 Å². The van der Waals surface area contributed by atoms with Gasteiger partial charge in [-0.25, -0.2) is 0 Å². The van der Waals surface area contributed by atoms with Crippen molar-refractivity contribution in [3.05, 3.63) is 216 Å². The maximum Gasteiger partial charge on any atom is 0.0290 e. The molecule has 0 amide bonds. The van der Waals surface area contributed by atoms with Gasteiger partial charge in [0.2, 0.25) is 0 Å². The van der Waals surface area contributed by atoms with Gasteiger partial charge in [-0.3, -0.25) is 0 Å². The molecule has 0 radical (unpaired) electrons. The van der Waals surface area contributed by atoms with Crippen LogP contribution in [0.5, 0.6) is 0 Å². The summed E-state index contributed by atoms with van der Waals surface area (Å²) in [6, 6.07) is 38.1. The van der Waals surface area contributed by atoms with E-state index in [2.05, 4.69) is 208 Å². The van der Waals surface area contributed by atoms with Crippen LogP contribution in [0.4, 0.5) is 0 Å². The van der Waals surface area contributed by atoms with Crippen molar-refractivity contribution in [3.63, 3.8) is 0 Å². The molecular weight excluding hydrogens is 637 g/mol. The van der Waals surface area contributed by atoms with Crippen molar-refractivity contribution in [2.24, 2.45) is 5.92 Å². The minimum atomic E-state index is 0.0755. The molecule has 0 nitrogen and oxygen atoms in total. The summed E-state index contributed by atoms with van der Waals surface area (Å²) in [4.78, 5) is 0. The van der Waals surface area contributed by atoms with Gasteiger partial charge in [0.05, 0.1) is 0 Å². The van der Waals surface area contributed by atoms with Gasteiger partial charge in [0, 0.05) is 11.8 Å². The van der Waals surface area contributed by atoms with Crippen molar-refractivity contribution >= 4 is 34.1 Å². The second-order valence-corrected chi connectivity index (χ2v) is 14.2. The molecule has 0 saturated carbocycles. The normalized spacial score (nSPS) is 18.8. The average molecular weight is 683 g/mol. The Hall–Kier alpha value is -5.98. The van der Waals surface area contributed by atoms with Gasteiger partial charge in [0.15, 0.2) is 0 Å². The highest BCUT2D eigenvalue weighted by Gasteiger charge is 2.26. The quantitative estimate of drug-likeness (QED) is 0.150. The molecule has 0 aromatic heterocycles. The predicted molar refractivity (Wildman–Crippen MR) is 231 cm³/mol. The number of fused-ring (bicyclic) bond motifs is 2. The van der Waals surface area contributed by atoms with Gasteiger partial charge in [0.1, 0.15) is 0 Å². The SMILES string of the molecule is CC/C(=C\C1C=CC/C=C\C(C)=C1)c1ccc(-c2c3c(c(C4C=CC=CC=C4c4ccc(-c5ccccc5)cc4)c4ccccc24)C=CCC=C3)cc1. The van der Waals surface area contributed by atoms with Crippen LogP contribution in [0.1, 0.15) is 66.8 Å². The molecule has 3 aliphatic rings. The van der Waals surface area contributed by atoms with Gasteiger partial charge < -0.3 is 0 Å². The van der Waals surface area contributed by atoms with E-state index in [9.17, 15) is 0 Å². The molecule has 0 fully saturated rings. The van der Waals surface area contributed by atoms with Crippen LogP contribution >= 0.6 is 0 Å². The second-order valence-electron chi connectivity index (χ2n) is 14.2. The third-order valence-corrected chi connectivity index (χ3v) is 10.7. The van der Waals surface area contributed by atoms with Crippen LogP contribution < -0.4 is 0 Å². The minimum Gasteiger partial charge on any atom is -0.0838 e. The van der Waals surface area contributed by atoms with E-state index in [0.29, 0.717) is 5.92 Å². The van der Waals surface area contributed by atoms with Crippen molar-refractivity contribution in [2.75, 3.05) is 0 Å². The third kappa shape index (κ3) is 7.24. The first-order valence-corrected chi connectivity index (χ1v) is 19.1. The fourth-order valence-electron chi connectivity index (χ4n) is 8.16. The van der Waals surface area contributed by atoms with Gasteiger partial charge >= 0.3 is 0 Å². The van der Waals surface area contributed by atoms with Crippen LogP contribution in [0.2, 0.25) is 0 Å². The van der Waals surface area contributed by atoms with E-state index in [1.807, 2.05) is 0 Å². The van der Waals surface area contributed by atoms with Crippen LogP contribution in [-0.4, -0.2) is 0 Å². The molecule has 8 rings (SSSR count). The summed E-state index contributed by atoms with van der Waals surface area (Å²) in [7, 11) is 0. The van der Waals surface area contributed by atoms with Crippen LogP contribution in [0.3, 0.4) is 0 Å². The van der Waals surface area contributed by atoms with Gasteiger partial charge in [-0.05, 0) is 98.2 Å². The number of benzene rings is 5. The highest BCUT2D eigenvalue weighted by Crippen LogP contribution is 2.47. The van der Waals surface area contributed by atoms with Gasteiger partial charge in [-0.1, -0.05) is 207 Å². The van der Waals surface area contributed by atoms with E-state index in [0.717, 1.165) is 19.3 Å². The zero-order valence-electron chi connectivity index (χ0n) is 30.8. The van der Waals surface area contributed by atoms with Crippen molar-refractivity contribution in [2.45, 2.75) is 39.0 Å². The zero-order valence-corrected chi connectivity index (χ0v) is 30.8. The van der Waals surface area contributed by atoms with E-state index in [1.54, 1.807) is 0 Å². The number of hydrogen-bond donors (Lipinski definition) is 0. The summed E-state index contributed by atoms with van der Waals surface area (Å²) >= 11 is 0. The summed E-state index contributed by atoms with van der Waals surface area (Å²) < 4.78 is 0. The molecule has 2 unspecified atom stereocenters. The maximum absolute atomic E-state index is 2.44. The first kappa shape index (κ1) is 34.1. The first-order chi connectivity index (χ1) is 26.2. The lowest BCUT2D eigenvalue weighted by atomic mass is 9.77. The van der Waals surface area contributed by atoms with Gasteiger partial charge in [0.25, 0.3) is 0 Å². The Balaban J connectivity index is 1.24. The molecule has 0 aliphatic heterocycles. The molecule has 0 heterocycles. The Morgan fingerprint density at radius 1 is 0.604 bits per heavy atom. The lowest BCUT2D eigenvalue weighted by Crippen LogP contribution is -2.06. The standard InChI is InChI=1S/C53H46/c1-3-40(37-39-19-9-4-8-18-38(2)36-39)42-30-34-45(35-31-42)52-48-24-14-7-15-25-50(48)53(51-27-17-16-26-49(51)52)47-23-13-6-12-22-46(47)44-32-28-43(29-33-44)41-20-10-5-11-21-41/h5-6,8-37,39,47H,3-4,7H2,1-2H3/b18-8-,19-9?,38-36?,40-37+. The summed E-state index contributed by atoms with van der Waals surface area (Å²) in [5.41, 5.74) is 15.5. The van der Waals surface area contributed by atoms with Crippen molar-refractivity contribution < 1.29 is 0 Å². The van der Waals surface area contributed by atoms with E-state index < -0.39 is 0 Å². The van der Waals surface area contributed by atoms with Crippen molar-refractivity contribution in [1.82, 2.24) is 0 Å². The summed E-state index contributed by atoms with van der Waals surface area (Å²) in [5.74, 6) is 0.374. The highest BCUT2D eigenvalue weighted by molar-refractivity contribution is 6.07. The summed E-state index contributed by atoms with van der Waals surface area (Å²) in [6.45, 7) is 4.46. The average Bonchev–Trinajstić information content (AvgIpc) is 3.60. The lowest BCUT2D eigenvalue weighted by molar-refractivity contribution is 1.02. The highest BCUT2D eigenvalue weighted by atomic mass is 14.3. The molecule has 0 bridgehead atoms.